The van der Waals surface area contributed by atoms with Gasteiger partial charge in [0, 0.05) is 18.0 Å². The number of methoxy groups -OCH3 is 1. The molecule has 0 atom stereocenters. The lowest BCUT2D eigenvalue weighted by molar-refractivity contribution is 0.0995. The van der Waals surface area contributed by atoms with Crippen LogP contribution in [0.3, 0.4) is 0 Å². The number of anilines is 1. The quantitative estimate of drug-likeness (QED) is 0.730. The van der Waals surface area contributed by atoms with Crippen molar-refractivity contribution in [3.63, 3.8) is 0 Å². The number of benzene rings is 1. The average Bonchev–Trinajstić information content (AvgIpc) is 2.99. The highest BCUT2D eigenvalue weighted by molar-refractivity contribution is 6.09. The van der Waals surface area contributed by atoms with Crippen molar-refractivity contribution < 1.29 is 14.3 Å². The molecule has 0 radical (unpaired) electrons. The molecule has 0 aliphatic carbocycles. The molecule has 25 heavy (non-hydrogen) atoms. The number of hydrogen-bond acceptors (Lipinski definition) is 6. The smallest absolute Gasteiger partial charge is 0.323 e. The number of nitrogens with zero attached hydrogens (tertiary/aromatic N) is 4. The third kappa shape index (κ3) is 2.87. The van der Waals surface area contributed by atoms with Crippen LogP contribution in [-0.2, 0) is 6.54 Å². The Morgan fingerprint density at radius 1 is 1.12 bits per heavy atom. The van der Waals surface area contributed by atoms with Crippen molar-refractivity contribution in [3.8, 4) is 17.5 Å². The molecule has 2 aromatic heterocycles. The third-order valence-corrected chi connectivity index (χ3v) is 3.86. The molecule has 3 aromatic rings. The lowest BCUT2D eigenvalue weighted by atomic mass is 10.1. The van der Waals surface area contributed by atoms with Crippen molar-refractivity contribution >= 4 is 11.7 Å². The van der Waals surface area contributed by atoms with Gasteiger partial charge in [0.1, 0.15) is 17.3 Å². The normalized spacial score (nSPS) is 12.8. The number of carbonyl (C=O) groups excluding carboxylic acids is 1. The van der Waals surface area contributed by atoms with Gasteiger partial charge in [-0.2, -0.15) is 4.98 Å². The van der Waals surface area contributed by atoms with E-state index in [-0.39, 0.29) is 11.9 Å². The van der Waals surface area contributed by atoms with Gasteiger partial charge < -0.3 is 9.47 Å². The predicted molar refractivity (Wildman–Crippen MR) is 89.9 cm³/mol. The second-order valence-electron chi connectivity index (χ2n) is 5.40. The summed E-state index contributed by atoms with van der Waals surface area (Å²) in [4.78, 5) is 26.7. The highest BCUT2D eigenvalue weighted by atomic mass is 16.5. The van der Waals surface area contributed by atoms with Gasteiger partial charge in [-0.15, -0.1) is 0 Å². The maximum absolute atomic E-state index is 12.7. The largest absolute Gasteiger partial charge is 0.497 e. The number of aromatic nitrogens is 3. The van der Waals surface area contributed by atoms with Crippen LogP contribution in [-0.4, -0.2) is 28.0 Å². The fourth-order valence-corrected chi connectivity index (χ4v) is 2.64. The van der Waals surface area contributed by atoms with Gasteiger partial charge in [-0.1, -0.05) is 6.07 Å². The molecule has 0 bridgehead atoms. The Kier molecular flexibility index (Phi) is 3.74. The minimum absolute atomic E-state index is 0.125. The van der Waals surface area contributed by atoms with E-state index in [1.54, 1.807) is 54.9 Å². The zero-order valence-corrected chi connectivity index (χ0v) is 13.4. The van der Waals surface area contributed by atoms with Crippen LogP contribution in [0.25, 0.3) is 0 Å². The van der Waals surface area contributed by atoms with E-state index in [1.165, 1.54) is 0 Å². The zero-order chi connectivity index (χ0) is 17.2. The lowest BCUT2D eigenvalue weighted by Crippen LogP contribution is -2.24. The summed E-state index contributed by atoms with van der Waals surface area (Å²) in [5.41, 5.74) is 1.55. The Labute approximate surface area is 143 Å². The Morgan fingerprint density at radius 3 is 2.84 bits per heavy atom. The number of pyridine rings is 1. The molecule has 4 rings (SSSR count). The summed E-state index contributed by atoms with van der Waals surface area (Å²) in [6, 6.07) is 10.8. The molecule has 7 nitrogen and oxygen atoms in total. The van der Waals surface area contributed by atoms with Crippen LogP contribution in [0.2, 0.25) is 0 Å². The van der Waals surface area contributed by atoms with Crippen LogP contribution >= 0.6 is 0 Å². The van der Waals surface area contributed by atoms with Crippen molar-refractivity contribution in [1.82, 2.24) is 15.0 Å². The highest BCUT2D eigenvalue weighted by Crippen LogP contribution is 2.30. The molecule has 7 heteroatoms. The molecular weight excluding hydrogens is 320 g/mol. The number of amides is 1. The molecule has 1 aliphatic rings. The molecule has 1 amide bonds. The third-order valence-electron chi connectivity index (χ3n) is 3.86. The van der Waals surface area contributed by atoms with Crippen LogP contribution < -0.4 is 14.4 Å². The van der Waals surface area contributed by atoms with Gasteiger partial charge in [0.15, 0.2) is 0 Å². The maximum atomic E-state index is 12.7. The second kappa shape index (κ2) is 6.20. The summed E-state index contributed by atoms with van der Waals surface area (Å²) < 4.78 is 10.8. The molecule has 0 saturated carbocycles. The van der Waals surface area contributed by atoms with E-state index in [0.29, 0.717) is 29.4 Å². The summed E-state index contributed by atoms with van der Waals surface area (Å²) in [6.07, 6.45) is 4.78. The molecule has 0 saturated heterocycles. The van der Waals surface area contributed by atoms with Crippen molar-refractivity contribution in [3.05, 3.63) is 66.1 Å². The first-order valence-electron chi connectivity index (χ1n) is 7.64. The molecular formula is C18H14N4O3. The van der Waals surface area contributed by atoms with Crippen LogP contribution in [0.1, 0.15) is 15.9 Å². The predicted octanol–water partition coefficient (Wildman–Crippen LogP) is 2.83. The fourth-order valence-electron chi connectivity index (χ4n) is 2.64. The Balaban J connectivity index is 1.61. The number of fused-ring (bicyclic) bond motifs is 1. The molecule has 0 spiro atoms. The topological polar surface area (TPSA) is 77.4 Å². The molecule has 3 heterocycles. The van der Waals surface area contributed by atoms with Gasteiger partial charge in [-0.05, 0) is 35.9 Å². The summed E-state index contributed by atoms with van der Waals surface area (Å²) in [6.45, 7) is 0.446. The number of rotatable bonds is 4. The van der Waals surface area contributed by atoms with Gasteiger partial charge in [0.05, 0.1) is 19.9 Å². The first-order chi connectivity index (χ1) is 12.2. The van der Waals surface area contributed by atoms with Gasteiger partial charge in [0.25, 0.3) is 5.91 Å². The Hall–Kier alpha value is -3.48. The van der Waals surface area contributed by atoms with Crippen molar-refractivity contribution in [2.75, 3.05) is 12.0 Å². The summed E-state index contributed by atoms with van der Waals surface area (Å²) in [5.74, 6) is 1.53. The fraction of sp³-hybridized carbons (Fsp3) is 0.111. The molecule has 0 fully saturated rings. The standard InChI is InChI=1S/C18H14N4O3/c1-24-13-5-4-12-11-22(17(23)15(12)9-13)16-6-8-20-18(21-16)25-14-3-2-7-19-10-14/h2-10H,11H2,1H3. The zero-order valence-electron chi connectivity index (χ0n) is 13.4. The van der Waals surface area contributed by atoms with Crippen LogP contribution in [0.4, 0.5) is 5.82 Å². The van der Waals surface area contributed by atoms with Crippen molar-refractivity contribution in [2.45, 2.75) is 6.54 Å². The van der Waals surface area contributed by atoms with Gasteiger partial charge >= 0.3 is 6.01 Å². The monoisotopic (exact) mass is 334 g/mol. The summed E-state index contributed by atoms with van der Waals surface area (Å²) >= 11 is 0. The lowest BCUT2D eigenvalue weighted by Gasteiger charge is -2.14. The average molecular weight is 334 g/mol. The van der Waals surface area contributed by atoms with Gasteiger partial charge in [0.2, 0.25) is 0 Å². The molecule has 0 N–H and O–H groups in total. The van der Waals surface area contributed by atoms with Gasteiger partial charge in [-0.25, -0.2) is 4.98 Å². The van der Waals surface area contributed by atoms with E-state index < -0.39 is 0 Å². The first-order valence-corrected chi connectivity index (χ1v) is 7.64. The molecule has 0 unspecified atom stereocenters. The van der Waals surface area contributed by atoms with E-state index in [0.717, 1.165) is 5.56 Å². The van der Waals surface area contributed by atoms with Gasteiger partial charge in [-0.3, -0.25) is 14.7 Å². The first kappa shape index (κ1) is 15.1. The van der Waals surface area contributed by atoms with E-state index >= 15 is 0 Å². The summed E-state index contributed by atoms with van der Waals surface area (Å²) in [5, 5.41) is 0. The van der Waals surface area contributed by atoms with E-state index in [4.69, 9.17) is 9.47 Å². The second-order valence-corrected chi connectivity index (χ2v) is 5.40. The molecule has 124 valence electrons. The Bertz CT molecular complexity index is 931. The maximum Gasteiger partial charge on any atom is 0.323 e. The van der Waals surface area contributed by atoms with Crippen LogP contribution in [0.5, 0.6) is 17.5 Å². The van der Waals surface area contributed by atoms with Crippen LogP contribution in [0, 0.1) is 0 Å². The molecule has 1 aromatic carbocycles. The van der Waals surface area contributed by atoms with Crippen LogP contribution in [0.15, 0.2) is 55.0 Å². The van der Waals surface area contributed by atoms with E-state index in [9.17, 15) is 4.79 Å². The minimum Gasteiger partial charge on any atom is -0.497 e. The summed E-state index contributed by atoms with van der Waals surface area (Å²) in [7, 11) is 1.57. The SMILES string of the molecule is COc1ccc2c(c1)C(=O)N(c1ccnc(Oc3cccnc3)n1)C2. The highest BCUT2D eigenvalue weighted by Gasteiger charge is 2.30. The van der Waals surface area contributed by atoms with Crippen molar-refractivity contribution in [1.29, 1.82) is 0 Å². The number of hydrogen-bond donors (Lipinski definition) is 0. The molecule has 1 aliphatic heterocycles. The van der Waals surface area contributed by atoms with E-state index in [1.807, 2.05) is 12.1 Å². The van der Waals surface area contributed by atoms with Crippen molar-refractivity contribution in [2.24, 2.45) is 0 Å². The number of carbonyl (C=O) groups is 1. The number of ether oxygens (including phenoxy) is 2. The Morgan fingerprint density at radius 2 is 2.04 bits per heavy atom. The minimum atomic E-state index is -0.125. The van der Waals surface area contributed by atoms with E-state index in [2.05, 4.69) is 15.0 Å².